The Morgan fingerprint density at radius 1 is 1.04 bits per heavy atom. The summed E-state index contributed by atoms with van der Waals surface area (Å²) in [5.74, 6) is -0.314. The van der Waals surface area contributed by atoms with Crippen LogP contribution in [0.15, 0.2) is 46.9 Å². The Morgan fingerprint density at radius 2 is 1.74 bits per heavy atom. The van der Waals surface area contributed by atoms with Crippen LogP contribution < -0.4 is 5.32 Å². The first-order chi connectivity index (χ1) is 12.7. The highest BCUT2D eigenvalue weighted by Gasteiger charge is 2.30. The minimum Gasteiger partial charge on any atom is -0.407 e. The summed E-state index contributed by atoms with van der Waals surface area (Å²) in [6, 6.07) is 9.71. The van der Waals surface area contributed by atoms with Crippen molar-refractivity contribution < 1.29 is 22.4 Å². The molecular weight excluding hydrogens is 359 g/mol. The van der Waals surface area contributed by atoms with Crippen LogP contribution in [0.5, 0.6) is 0 Å². The Kier molecular flexibility index (Phi) is 4.98. The van der Waals surface area contributed by atoms with Gasteiger partial charge in [-0.2, -0.15) is 13.2 Å². The normalized spacial score (nSPS) is 11.4. The van der Waals surface area contributed by atoms with Crippen LogP contribution >= 0.6 is 0 Å². The molecular formula is C19H16F3N3O2. The third kappa shape index (κ3) is 4.52. The molecule has 27 heavy (non-hydrogen) atoms. The first-order valence-electron chi connectivity index (χ1n) is 8.09. The van der Waals surface area contributed by atoms with Crippen LogP contribution in [0.4, 0.5) is 19.2 Å². The van der Waals surface area contributed by atoms with Crippen LogP contribution in [0.3, 0.4) is 0 Å². The summed E-state index contributed by atoms with van der Waals surface area (Å²) in [6.07, 6.45) is -4.05. The Hall–Kier alpha value is -3.16. The van der Waals surface area contributed by atoms with Crippen molar-refractivity contribution in [3.8, 4) is 0 Å². The van der Waals surface area contributed by atoms with E-state index in [1.165, 1.54) is 5.56 Å². The fourth-order valence-electron chi connectivity index (χ4n) is 2.44. The lowest BCUT2D eigenvalue weighted by Crippen LogP contribution is -2.13. The van der Waals surface area contributed by atoms with E-state index < -0.39 is 17.6 Å². The zero-order valence-corrected chi connectivity index (χ0v) is 14.6. The van der Waals surface area contributed by atoms with Crippen LogP contribution in [-0.4, -0.2) is 16.1 Å². The molecule has 0 atom stereocenters. The van der Waals surface area contributed by atoms with Gasteiger partial charge in [0.05, 0.1) is 12.0 Å². The lowest BCUT2D eigenvalue weighted by molar-refractivity contribution is -0.137. The third-order valence-corrected chi connectivity index (χ3v) is 4.09. The number of carbonyl (C=O) groups excluding carboxylic acids is 1. The maximum absolute atomic E-state index is 12.6. The fraction of sp³-hybridized carbons (Fsp3) is 0.211. The van der Waals surface area contributed by atoms with Crippen molar-refractivity contribution in [2.75, 3.05) is 5.32 Å². The highest BCUT2D eigenvalue weighted by atomic mass is 19.4. The zero-order valence-electron chi connectivity index (χ0n) is 14.6. The number of nitrogens with one attached hydrogen (secondary N) is 1. The van der Waals surface area contributed by atoms with E-state index in [2.05, 4.69) is 15.5 Å². The van der Waals surface area contributed by atoms with Crippen molar-refractivity contribution in [1.82, 2.24) is 10.2 Å². The number of hydrogen-bond donors (Lipinski definition) is 1. The van der Waals surface area contributed by atoms with E-state index in [1.807, 2.05) is 32.0 Å². The molecule has 0 saturated heterocycles. The molecule has 0 radical (unpaired) electrons. The summed E-state index contributed by atoms with van der Waals surface area (Å²) in [4.78, 5) is 12.1. The number of hydrogen-bond acceptors (Lipinski definition) is 4. The van der Waals surface area contributed by atoms with Crippen LogP contribution in [0, 0.1) is 13.8 Å². The summed E-state index contributed by atoms with van der Waals surface area (Å²) in [7, 11) is 0. The van der Waals surface area contributed by atoms with E-state index in [4.69, 9.17) is 4.42 Å². The second kappa shape index (κ2) is 7.22. The average molecular weight is 375 g/mol. The van der Waals surface area contributed by atoms with Crippen LogP contribution in [0.1, 0.15) is 38.5 Å². The minimum absolute atomic E-state index is 0.0527. The molecule has 0 unspecified atom stereocenters. The Morgan fingerprint density at radius 3 is 2.37 bits per heavy atom. The monoisotopic (exact) mass is 375 g/mol. The number of halogens is 3. The number of aryl methyl sites for hydroxylation is 2. The van der Waals surface area contributed by atoms with Gasteiger partial charge in [-0.25, -0.2) is 0 Å². The molecule has 8 heteroatoms. The topological polar surface area (TPSA) is 68.0 Å². The fourth-order valence-corrected chi connectivity index (χ4v) is 2.44. The molecule has 2 aromatic carbocycles. The first kappa shape index (κ1) is 18.6. The van der Waals surface area contributed by atoms with Gasteiger partial charge in [0, 0.05) is 5.56 Å². The Balaban J connectivity index is 1.66. The Labute approximate surface area is 153 Å². The van der Waals surface area contributed by atoms with Crippen molar-refractivity contribution in [2.45, 2.75) is 26.4 Å². The maximum Gasteiger partial charge on any atom is 0.416 e. The third-order valence-electron chi connectivity index (χ3n) is 4.09. The van der Waals surface area contributed by atoms with E-state index in [0.717, 1.165) is 35.4 Å². The summed E-state index contributed by atoms with van der Waals surface area (Å²) >= 11 is 0. The van der Waals surface area contributed by atoms with Crippen molar-refractivity contribution in [3.05, 3.63) is 76.2 Å². The molecule has 0 spiro atoms. The van der Waals surface area contributed by atoms with Crippen LogP contribution in [0.2, 0.25) is 0 Å². The minimum atomic E-state index is -4.45. The van der Waals surface area contributed by atoms with Gasteiger partial charge in [0.2, 0.25) is 5.89 Å². The van der Waals surface area contributed by atoms with Gasteiger partial charge in [0.1, 0.15) is 0 Å². The molecule has 1 amide bonds. The second-order valence-corrected chi connectivity index (χ2v) is 6.13. The molecule has 1 heterocycles. The molecule has 1 aromatic heterocycles. The van der Waals surface area contributed by atoms with Crippen molar-refractivity contribution in [1.29, 1.82) is 0 Å². The largest absolute Gasteiger partial charge is 0.416 e. The summed E-state index contributed by atoms with van der Waals surface area (Å²) in [5, 5.41) is 10.0. The lowest BCUT2D eigenvalue weighted by atomic mass is 10.0. The predicted molar refractivity (Wildman–Crippen MR) is 92.4 cm³/mol. The molecule has 140 valence electrons. The van der Waals surface area contributed by atoms with Gasteiger partial charge in [-0.1, -0.05) is 23.3 Å². The quantitative estimate of drug-likeness (QED) is 0.727. The summed E-state index contributed by atoms with van der Waals surface area (Å²) < 4.78 is 43.1. The molecule has 0 fully saturated rings. The van der Waals surface area contributed by atoms with Crippen molar-refractivity contribution in [3.63, 3.8) is 0 Å². The molecule has 3 aromatic rings. The molecule has 1 N–H and O–H groups in total. The number of aromatic nitrogens is 2. The predicted octanol–water partition coefficient (Wildman–Crippen LogP) is 4.55. The van der Waals surface area contributed by atoms with E-state index in [0.29, 0.717) is 12.3 Å². The lowest BCUT2D eigenvalue weighted by Gasteiger charge is -2.07. The molecule has 0 bridgehead atoms. The van der Waals surface area contributed by atoms with Gasteiger partial charge >= 0.3 is 12.2 Å². The first-order valence-corrected chi connectivity index (χ1v) is 8.09. The van der Waals surface area contributed by atoms with Gasteiger partial charge in [-0.05, 0) is 54.8 Å². The highest BCUT2D eigenvalue weighted by Crippen LogP contribution is 2.29. The number of alkyl halides is 3. The summed E-state index contributed by atoms with van der Waals surface area (Å²) in [5.41, 5.74) is 2.53. The van der Waals surface area contributed by atoms with Gasteiger partial charge in [0.15, 0.2) is 0 Å². The maximum atomic E-state index is 12.6. The molecule has 3 rings (SSSR count). The smallest absolute Gasteiger partial charge is 0.407 e. The number of carbonyl (C=O) groups is 1. The highest BCUT2D eigenvalue weighted by molar-refractivity contribution is 6.03. The standard InChI is InChI=1S/C19H16F3N3O2/c1-11-3-4-13(9-12(11)2)10-16-24-25-18(27-16)23-17(26)14-5-7-15(8-6-14)19(20,21)22/h3-9H,10H2,1-2H3,(H,23,25,26). The van der Waals surface area contributed by atoms with Gasteiger partial charge < -0.3 is 4.42 Å². The van der Waals surface area contributed by atoms with Crippen molar-refractivity contribution in [2.24, 2.45) is 0 Å². The van der Waals surface area contributed by atoms with Crippen LogP contribution in [-0.2, 0) is 12.6 Å². The molecule has 5 nitrogen and oxygen atoms in total. The van der Waals surface area contributed by atoms with Crippen molar-refractivity contribution >= 4 is 11.9 Å². The van der Waals surface area contributed by atoms with E-state index in [-0.39, 0.29) is 11.6 Å². The number of benzene rings is 2. The molecule has 0 aliphatic heterocycles. The van der Waals surface area contributed by atoms with E-state index in [9.17, 15) is 18.0 Å². The SMILES string of the molecule is Cc1ccc(Cc2nnc(NC(=O)c3ccc(C(F)(F)F)cc3)o2)cc1C. The number of rotatable bonds is 4. The number of amides is 1. The zero-order chi connectivity index (χ0) is 19.6. The second-order valence-electron chi connectivity index (χ2n) is 6.13. The molecule has 0 aliphatic rings. The number of nitrogens with zero attached hydrogens (tertiary/aromatic N) is 2. The van der Waals surface area contributed by atoms with Gasteiger partial charge in [-0.3, -0.25) is 10.1 Å². The average Bonchev–Trinajstić information content (AvgIpc) is 3.04. The Bertz CT molecular complexity index is 963. The molecule has 0 saturated carbocycles. The van der Waals surface area contributed by atoms with Gasteiger partial charge in [-0.15, -0.1) is 5.10 Å². The van der Waals surface area contributed by atoms with E-state index >= 15 is 0 Å². The van der Waals surface area contributed by atoms with Gasteiger partial charge in [0.25, 0.3) is 5.91 Å². The van der Waals surface area contributed by atoms with Crippen LogP contribution in [0.25, 0.3) is 0 Å². The number of anilines is 1. The van der Waals surface area contributed by atoms with E-state index in [1.54, 1.807) is 0 Å². The molecule has 0 aliphatic carbocycles. The summed E-state index contributed by atoms with van der Waals surface area (Å²) in [6.45, 7) is 4.02.